The number of hydrogen-bond donors (Lipinski definition) is 1. The first-order valence-electron chi connectivity index (χ1n) is 10.7. The molecule has 2 aliphatic rings. The highest BCUT2D eigenvalue weighted by Gasteiger charge is 2.52. The predicted octanol–water partition coefficient (Wildman–Crippen LogP) is 3.01. The Kier molecular flexibility index (Phi) is 6.20. The number of rotatable bonds is 6. The third-order valence-corrected chi connectivity index (χ3v) is 8.45. The van der Waals surface area contributed by atoms with Crippen molar-refractivity contribution >= 4 is 15.9 Å². The largest absolute Gasteiger partial charge is 0.355 e. The van der Waals surface area contributed by atoms with E-state index in [-0.39, 0.29) is 23.8 Å². The first-order valence-corrected chi connectivity index (χ1v) is 12.2. The Hall–Kier alpha value is -2.25. The lowest BCUT2D eigenvalue weighted by Gasteiger charge is -2.37. The standard InChI is InChI=1S/C23H29N3O3S/c27-22(25-16-11-19-9-14-24-15-10-19)21-17-26(18-23(21)12-5-2-6-13-23)30(28,29)20-7-3-1-4-8-20/h1,3-4,7-10,14-15,21H,2,5-6,11-13,16-18H2,(H,25,27)/t21-/m1/s1. The minimum absolute atomic E-state index is 0.0169. The molecule has 1 spiro atoms. The van der Waals surface area contributed by atoms with E-state index in [4.69, 9.17) is 0 Å². The molecule has 2 fully saturated rings. The number of carbonyl (C=O) groups excluding carboxylic acids is 1. The summed E-state index contributed by atoms with van der Waals surface area (Å²) < 4.78 is 28.0. The van der Waals surface area contributed by atoms with Gasteiger partial charge in [0.15, 0.2) is 0 Å². The molecule has 0 bridgehead atoms. The molecule has 7 heteroatoms. The van der Waals surface area contributed by atoms with Crippen molar-refractivity contribution in [1.29, 1.82) is 0 Å². The number of nitrogens with one attached hydrogen (secondary N) is 1. The molecule has 1 amide bonds. The molecule has 0 radical (unpaired) electrons. The highest BCUT2D eigenvalue weighted by atomic mass is 32.2. The molecule has 1 aliphatic carbocycles. The Bertz CT molecular complexity index is 958. The van der Waals surface area contributed by atoms with Crippen LogP contribution in [-0.2, 0) is 21.2 Å². The van der Waals surface area contributed by atoms with Crippen LogP contribution in [0.15, 0.2) is 59.8 Å². The number of aromatic nitrogens is 1. The van der Waals surface area contributed by atoms with Crippen LogP contribution in [-0.4, -0.2) is 43.2 Å². The van der Waals surface area contributed by atoms with E-state index in [2.05, 4.69) is 10.3 Å². The maximum absolute atomic E-state index is 13.2. The number of carbonyl (C=O) groups is 1. The summed E-state index contributed by atoms with van der Waals surface area (Å²) in [4.78, 5) is 17.5. The molecular formula is C23H29N3O3S. The fourth-order valence-corrected chi connectivity index (χ4v) is 6.55. The van der Waals surface area contributed by atoms with E-state index in [9.17, 15) is 13.2 Å². The highest BCUT2D eigenvalue weighted by Crippen LogP contribution is 2.48. The summed E-state index contributed by atoms with van der Waals surface area (Å²) in [5.41, 5.74) is 0.873. The van der Waals surface area contributed by atoms with E-state index in [1.54, 1.807) is 41.0 Å². The van der Waals surface area contributed by atoms with Gasteiger partial charge in [-0.05, 0) is 54.5 Å². The first kappa shape index (κ1) is 21.0. The second-order valence-electron chi connectivity index (χ2n) is 8.48. The molecule has 1 saturated carbocycles. The maximum atomic E-state index is 13.2. The molecule has 2 heterocycles. The van der Waals surface area contributed by atoms with Gasteiger partial charge in [-0.2, -0.15) is 4.31 Å². The smallest absolute Gasteiger partial charge is 0.243 e. The minimum Gasteiger partial charge on any atom is -0.355 e. The molecule has 1 saturated heterocycles. The van der Waals surface area contributed by atoms with Crippen LogP contribution in [0.25, 0.3) is 0 Å². The Balaban J connectivity index is 1.49. The molecule has 4 rings (SSSR count). The van der Waals surface area contributed by atoms with Gasteiger partial charge in [-0.25, -0.2) is 8.42 Å². The van der Waals surface area contributed by atoms with Gasteiger partial charge in [0.2, 0.25) is 15.9 Å². The number of benzene rings is 1. The third kappa shape index (κ3) is 4.27. The van der Waals surface area contributed by atoms with Crippen LogP contribution in [0.2, 0.25) is 0 Å². The van der Waals surface area contributed by atoms with E-state index in [1.807, 2.05) is 18.2 Å². The lowest BCUT2D eigenvalue weighted by atomic mass is 9.67. The number of hydrogen-bond acceptors (Lipinski definition) is 4. The lowest BCUT2D eigenvalue weighted by Crippen LogP contribution is -2.43. The SMILES string of the molecule is O=C(NCCc1ccncc1)[C@H]1CN(S(=O)(=O)c2ccccc2)CC12CCCCC2. The van der Waals surface area contributed by atoms with Gasteiger partial charge in [-0.1, -0.05) is 37.5 Å². The van der Waals surface area contributed by atoms with E-state index >= 15 is 0 Å². The second kappa shape index (κ2) is 8.86. The van der Waals surface area contributed by atoms with Crippen LogP contribution in [0.5, 0.6) is 0 Å². The maximum Gasteiger partial charge on any atom is 0.243 e. The summed E-state index contributed by atoms with van der Waals surface area (Å²) in [7, 11) is -3.60. The topological polar surface area (TPSA) is 79.4 Å². The summed E-state index contributed by atoms with van der Waals surface area (Å²) in [6.45, 7) is 1.24. The lowest BCUT2D eigenvalue weighted by molar-refractivity contribution is -0.128. The summed E-state index contributed by atoms with van der Waals surface area (Å²) in [6, 6.07) is 12.4. The fourth-order valence-electron chi connectivity index (χ4n) is 4.97. The van der Waals surface area contributed by atoms with Gasteiger partial charge >= 0.3 is 0 Å². The number of nitrogens with zero attached hydrogens (tertiary/aromatic N) is 2. The zero-order valence-electron chi connectivity index (χ0n) is 17.2. The van der Waals surface area contributed by atoms with Gasteiger partial charge in [0, 0.05) is 32.0 Å². The first-order chi connectivity index (χ1) is 14.5. The van der Waals surface area contributed by atoms with E-state index in [1.165, 1.54) is 0 Å². The quantitative estimate of drug-likeness (QED) is 0.769. The van der Waals surface area contributed by atoms with Gasteiger partial charge in [0.25, 0.3) is 0 Å². The normalized spacial score (nSPS) is 21.5. The molecule has 30 heavy (non-hydrogen) atoms. The summed E-state index contributed by atoms with van der Waals surface area (Å²) >= 11 is 0. The molecule has 2 aromatic rings. The molecular weight excluding hydrogens is 398 g/mol. The molecule has 160 valence electrons. The zero-order valence-corrected chi connectivity index (χ0v) is 18.0. The predicted molar refractivity (Wildman–Crippen MR) is 115 cm³/mol. The van der Waals surface area contributed by atoms with Crippen LogP contribution in [0.4, 0.5) is 0 Å². The Morgan fingerprint density at radius 2 is 1.77 bits per heavy atom. The number of amides is 1. The van der Waals surface area contributed by atoms with Crippen molar-refractivity contribution in [2.75, 3.05) is 19.6 Å². The van der Waals surface area contributed by atoms with Gasteiger partial charge in [-0.15, -0.1) is 0 Å². The number of sulfonamides is 1. The van der Waals surface area contributed by atoms with Gasteiger partial charge in [-0.3, -0.25) is 9.78 Å². The van der Waals surface area contributed by atoms with E-state index in [0.717, 1.165) is 44.1 Å². The Labute approximate surface area is 178 Å². The van der Waals surface area contributed by atoms with Crippen molar-refractivity contribution in [3.63, 3.8) is 0 Å². The van der Waals surface area contributed by atoms with Crippen molar-refractivity contribution < 1.29 is 13.2 Å². The molecule has 1 aromatic heterocycles. The van der Waals surface area contributed by atoms with Crippen LogP contribution < -0.4 is 5.32 Å². The molecule has 1 aromatic carbocycles. The molecule has 1 atom stereocenters. The van der Waals surface area contributed by atoms with Crippen molar-refractivity contribution in [3.8, 4) is 0 Å². The second-order valence-corrected chi connectivity index (χ2v) is 10.4. The van der Waals surface area contributed by atoms with Gasteiger partial charge in [0.05, 0.1) is 10.8 Å². The van der Waals surface area contributed by atoms with Crippen LogP contribution in [0, 0.1) is 11.3 Å². The summed E-state index contributed by atoms with van der Waals surface area (Å²) in [5.74, 6) is -0.314. The van der Waals surface area contributed by atoms with Crippen LogP contribution >= 0.6 is 0 Å². The average molecular weight is 428 g/mol. The Morgan fingerprint density at radius 1 is 1.07 bits per heavy atom. The third-order valence-electron chi connectivity index (χ3n) is 6.63. The van der Waals surface area contributed by atoms with Gasteiger partial charge in [0.1, 0.15) is 0 Å². The molecule has 1 N–H and O–H groups in total. The monoisotopic (exact) mass is 427 g/mol. The molecule has 6 nitrogen and oxygen atoms in total. The van der Waals surface area contributed by atoms with Crippen LogP contribution in [0.3, 0.4) is 0 Å². The Morgan fingerprint density at radius 3 is 2.47 bits per heavy atom. The van der Waals surface area contributed by atoms with Gasteiger partial charge < -0.3 is 5.32 Å². The van der Waals surface area contributed by atoms with Crippen molar-refractivity contribution in [3.05, 3.63) is 60.4 Å². The number of pyridine rings is 1. The van der Waals surface area contributed by atoms with E-state index < -0.39 is 10.0 Å². The molecule has 1 aliphatic heterocycles. The fraction of sp³-hybridized carbons (Fsp3) is 0.478. The average Bonchev–Trinajstić information content (AvgIpc) is 3.15. The van der Waals surface area contributed by atoms with Crippen LogP contribution in [0.1, 0.15) is 37.7 Å². The summed E-state index contributed by atoms with van der Waals surface area (Å²) in [5, 5.41) is 3.08. The highest BCUT2D eigenvalue weighted by molar-refractivity contribution is 7.89. The summed E-state index contributed by atoms with van der Waals surface area (Å²) in [6.07, 6.45) is 9.32. The molecule has 0 unspecified atom stereocenters. The zero-order chi connectivity index (χ0) is 21.0. The minimum atomic E-state index is -3.60. The van der Waals surface area contributed by atoms with Crippen molar-refractivity contribution in [2.24, 2.45) is 11.3 Å². The van der Waals surface area contributed by atoms with E-state index in [0.29, 0.717) is 18.0 Å². The van der Waals surface area contributed by atoms with Crippen molar-refractivity contribution in [2.45, 2.75) is 43.4 Å². The van der Waals surface area contributed by atoms with Crippen molar-refractivity contribution in [1.82, 2.24) is 14.6 Å².